The minimum Gasteiger partial charge on any atom is -0.469 e. The van der Waals surface area contributed by atoms with Crippen molar-refractivity contribution >= 4 is 5.91 Å². The van der Waals surface area contributed by atoms with Gasteiger partial charge >= 0.3 is 0 Å². The summed E-state index contributed by atoms with van der Waals surface area (Å²) in [5.41, 5.74) is 0. The largest absolute Gasteiger partial charge is 0.469 e. The number of furan rings is 1. The van der Waals surface area contributed by atoms with E-state index < -0.39 is 0 Å². The van der Waals surface area contributed by atoms with E-state index in [4.69, 9.17) is 9.15 Å². The average molecular weight is 291 g/mol. The van der Waals surface area contributed by atoms with E-state index in [0.717, 1.165) is 44.7 Å². The van der Waals surface area contributed by atoms with Gasteiger partial charge < -0.3 is 14.1 Å². The molecule has 0 spiro atoms. The van der Waals surface area contributed by atoms with Gasteiger partial charge in [-0.25, -0.2) is 0 Å². The van der Waals surface area contributed by atoms with Crippen LogP contribution in [0.5, 0.6) is 0 Å². The number of hydrogen-bond donors (Lipinski definition) is 0. The Labute approximate surface area is 126 Å². The molecule has 3 rings (SSSR count). The lowest BCUT2D eigenvalue weighted by atomic mass is 10.1. The summed E-state index contributed by atoms with van der Waals surface area (Å²) in [6, 6.07) is 3.86. The Morgan fingerprint density at radius 3 is 3.10 bits per heavy atom. The SMILES string of the molecule is CC(C)CCOC1CCN(C(=O)C2CC2c2ccco2)C1. The van der Waals surface area contributed by atoms with Crippen LogP contribution in [-0.2, 0) is 9.53 Å². The van der Waals surface area contributed by atoms with Crippen molar-refractivity contribution in [1.29, 1.82) is 0 Å². The van der Waals surface area contributed by atoms with Gasteiger partial charge in [-0.15, -0.1) is 0 Å². The molecule has 0 bridgehead atoms. The molecule has 116 valence electrons. The number of hydrogen-bond acceptors (Lipinski definition) is 3. The summed E-state index contributed by atoms with van der Waals surface area (Å²) in [5.74, 6) is 2.34. The van der Waals surface area contributed by atoms with Gasteiger partial charge in [0.15, 0.2) is 0 Å². The van der Waals surface area contributed by atoms with E-state index in [1.54, 1.807) is 6.26 Å². The van der Waals surface area contributed by atoms with Crippen molar-refractivity contribution < 1.29 is 13.9 Å². The number of carbonyl (C=O) groups excluding carboxylic acids is 1. The molecule has 0 N–H and O–H groups in total. The number of amides is 1. The van der Waals surface area contributed by atoms with Crippen LogP contribution in [-0.4, -0.2) is 36.6 Å². The van der Waals surface area contributed by atoms with Gasteiger partial charge in [0, 0.05) is 31.5 Å². The van der Waals surface area contributed by atoms with Crippen LogP contribution >= 0.6 is 0 Å². The van der Waals surface area contributed by atoms with Gasteiger partial charge in [0.05, 0.1) is 12.4 Å². The Kier molecular flexibility index (Phi) is 4.34. The first kappa shape index (κ1) is 14.6. The zero-order chi connectivity index (χ0) is 14.8. The monoisotopic (exact) mass is 291 g/mol. The molecule has 1 aromatic rings. The maximum absolute atomic E-state index is 12.5. The molecule has 0 aromatic carbocycles. The molecule has 2 aliphatic rings. The fourth-order valence-corrected chi connectivity index (χ4v) is 3.05. The molecule has 21 heavy (non-hydrogen) atoms. The van der Waals surface area contributed by atoms with Gasteiger partial charge in [-0.1, -0.05) is 13.8 Å². The van der Waals surface area contributed by atoms with E-state index in [0.29, 0.717) is 11.8 Å². The summed E-state index contributed by atoms with van der Waals surface area (Å²) < 4.78 is 11.3. The molecule has 4 nitrogen and oxygen atoms in total. The van der Waals surface area contributed by atoms with Gasteiger partial charge in [-0.3, -0.25) is 4.79 Å². The lowest BCUT2D eigenvalue weighted by molar-refractivity contribution is -0.132. The van der Waals surface area contributed by atoms with E-state index in [2.05, 4.69) is 13.8 Å². The Bertz CT molecular complexity index is 468. The van der Waals surface area contributed by atoms with E-state index >= 15 is 0 Å². The maximum Gasteiger partial charge on any atom is 0.226 e. The summed E-state index contributed by atoms with van der Waals surface area (Å²) >= 11 is 0. The molecule has 1 saturated carbocycles. The number of nitrogens with zero attached hydrogens (tertiary/aromatic N) is 1. The van der Waals surface area contributed by atoms with Crippen molar-refractivity contribution in [2.24, 2.45) is 11.8 Å². The van der Waals surface area contributed by atoms with Crippen LogP contribution in [0.3, 0.4) is 0 Å². The normalized spacial score (nSPS) is 28.3. The molecule has 1 aliphatic carbocycles. The highest BCUT2D eigenvalue weighted by atomic mass is 16.5. The fourth-order valence-electron chi connectivity index (χ4n) is 3.05. The van der Waals surface area contributed by atoms with Gasteiger partial charge in [0.2, 0.25) is 5.91 Å². The third kappa shape index (κ3) is 3.49. The Morgan fingerprint density at radius 1 is 1.52 bits per heavy atom. The highest BCUT2D eigenvalue weighted by Crippen LogP contribution is 2.48. The summed E-state index contributed by atoms with van der Waals surface area (Å²) in [7, 11) is 0. The molecular weight excluding hydrogens is 266 g/mol. The van der Waals surface area contributed by atoms with Crippen molar-refractivity contribution in [3.8, 4) is 0 Å². The van der Waals surface area contributed by atoms with E-state index in [-0.39, 0.29) is 17.9 Å². The summed E-state index contributed by atoms with van der Waals surface area (Å²) in [5, 5.41) is 0. The van der Waals surface area contributed by atoms with Crippen molar-refractivity contribution in [2.75, 3.05) is 19.7 Å². The Balaban J connectivity index is 1.43. The smallest absolute Gasteiger partial charge is 0.226 e. The quantitative estimate of drug-likeness (QED) is 0.809. The van der Waals surface area contributed by atoms with Crippen LogP contribution in [0.15, 0.2) is 22.8 Å². The highest BCUT2D eigenvalue weighted by molar-refractivity contribution is 5.83. The molecule has 1 aromatic heterocycles. The number of carbonyl (C=O) groups is 1. The zero-order valence-electron chi connectivity index (χ0n) is 13.0. The number of ether oxygens (including phenoxy) is 1. The van der Waals surface area contributed by atoms with Crippen molar-refractivity contribution in [3.63, 3.8) is 0 Å². The van der Waals surface area contributed by atoms with Gasteiger partial charge in [0.1, 0.15) is 5.76 Å². The lowest BCUT2D eigenvalue weighted by Crippen LogP contribution is -2.31. The second-order valence-electron chi connectivity index (χ2n) is 6.71. The molecular formula is C17H25NO3. The number of rotatable bonds is 6. The van der Waals surface area contributed by atoms with Crippen LogP contribution in [0.1, 0.15) is 44.8 Å². The standard InChI is InChI=1S/C17H25NO3/c1-12(2)6-9-20-13-5-7-18(11-13)17(19)15-10-14(15)16-4-3-8-21-16/h3-4,8,12-15H,5-7,9-11H2,1-2H3. The van der Waals surface area contributed by atoms with Crippen LogP contribution in [0.2, 0.25) is 0 Å². The maximum atomic E-state index is 12.5. The fraction of sp³-hybridized carbons (Fsp3) is 0.706. The molecule has 1 aliphatic heterocycles. The van der Waals surface area contributed by atoms with E-state index in [9.17, 15) is 4.79 Å². The highest BCUT2D eigenvalue weighted by Gasteiger charge is 2.48. The van der Waals surface area contributed by atoms with Gasteiger partial charge in [-0.05, 0) is 37.3 Å². The second kappa shape index (κ2) is 6.22. The van der Waals surface area contributed by atoms with E-state index in [1.807, 2.05) is 17.0 Å². The molecule has 2 fully saturated rings. The average Bonchev–Trinajstić information content (AvgIpc) is 2.90. The van der Waals surface area contributed by atoms with Crippen LogP contribution in [0.25, 0.3) is 0 Å². The summed E-state index contributed by atoms with van der Waals surface area (Å²) in [4.78, 5) is 14.4. The van der Waals surface area contributed by atoms with Crippen molar-refractivity contribution in [2.45, 2.75) is 45.1 Å². The van der Waals surface area contributed by atoms with Crippen LogP contribution < -0.4 is 0 Å². The summed E-state index contributed by atoms with van der Waals surface area (Å²) in [6.45, 7) is 6.82. The van der Waals surface area contributed by atoms with Crippen molar-refractivity contribution in [3.05, 3.63) is 24.2 Å². The predicted molar refractivity (Wildman–Crippen MR) is 79.9 cm³/mol. The third-order valence-electron chi connectivity index (χ3n) is 4.52. The molecule has 3 atom stereocenters. The second-order valence-corrected chi connectivity index (χ2v) is 6.71. The predicted octanol–water partition coefficient (Wildman–Crippen LogP) is 3.05. The first-order chi connectivity index (χ1) is 10.1. The molecule has 4 heteroatoms. The topological polar surface area (TPSA) is 42.7 Å². The van der Waals surface area contributed by atoms with Gasteiger partial charge in [0.25, 0.3) is 0 Å². The molecule has 0 radical (unpaired) electrons. The first-order valence-corrected chi connectivity index (χ1v) is 8.09. The zero-order valence-corrected chi connectivity index (χ0v) is 13.0. The van der Waals surface area contributed by atoms with Crippen molar-refractivity contribution in [1.82, 2.24) is 4.90 Å². The van der Waals surface area contributed by atoms with Crippen LogP contribution in [0, 0.1) is 11.8 Å². The Morgan fingerprint density at radius 2 is 2.38 bits per heavy atom. The summed E-state index contributed by atoms with van der Waals surface area (Å²) in [6.07, 6.45) is 4.91. The third-order valence-corrected chi connectivity index (χ3v) is 4.52. The minimum absolute atomic E-state index is 0.130. The molecule has 3 unspecified atom stereocenters. The minimum atomic E-state index is 0.130. The molecule has 1 amide bonds. The van der Waals surface area contributed by atoms with E-state index in [1.165, 1.54) is 0 Å². The van der Waals surface area contributed by atoms with Crippen LogP contribution in [0.4, 0.5) is 0 Å². The van der Waals surface area contributed by atoms with Gasteiger partial charge in [-0.2, -0.15) is 0 Å². The lowest BCUT2D eigenvalue weighted by Gasteiger charge is -2.17. The first-order valence-electron chi connectivity index (χ1n) is 8.09. The molecule has 1 saturated heterocycles. The molecule has 2 heterocycles. The number of likely N-dealkylation sites (tertiary alicyclic amines) is 1. The Hall–Kier alpha value is -1.29.